The Labute approximate surface area is 190 Å². The highest BCUT2D eigenvalue weighted by atomic mass is 19.3. The number of fused-ring (bicyclic) bond motifs is 1. The van der Waals surface area contributed by atoms with Crippen LogP contribution < -0.4 is 10.1 Å². The molecule has 1 N–H and O–H groups in total. The Balaban J connectivity index is 1.70. The highest BCUT2D eigenvalue weighted by molar-refractivity contribution is 6.08. The van der Waals surface area contributed by atoms with Gasteiger partial charge >= 0.3 is 0 Å². The molecule has 0 saturated carbocycles. The second-order valence-corrected chi connectivity index (χ2v) is 7.77. The molecule has 1 atom stereocenters. The van der Waals surface area contributed by atoms with Crippen LogP contribution in [-0.4, -0.2) is 27.6 Å². The lowest BCUT2D eigenvalue weighted by atomic mass is 9.99. The Hall–Kier alpha value is -3.81. The number of halogens is 2. The Bertz CT molecular complexity index is 1270. The fourth-order valence-electron chi connectivity index (χ4n) is 3.54. The van der Waals surface area contributed by atoms with Crippen LogP contribution in [-0.2, 0) is 0 Å². The largest absolute Gasteiger partial charge is 0.497 e. The van der Waals surface area contributed by atoms with Gasteiger partial charge in [0.15, 0.2) is 5.65 Å². The smallest absolute Gasteiger partial charge is 0.280 e. The first-order valence-electron chi connectivity index (χ1n) is 10.6. The molecule has 4 aromatic rings. The lowest BCUT2D eigenvalue weighted by Crippen LogP contribution is -2.13. The van der Waals surface area contributed by atoms with Crippen molar-refractivity contribution in [2.45, 2.75) is 32.6 Å². The van der Waals surface area contributed by atoms with Gasteiger partial charge in [-0.05, 0) is 60.4 Å². The number of methoxy groups -OCH3 is 1. The van der Waals surface area contributed by atoms with Gasteiger partial charge in [-0.2, -0.15) is 5.10 Å². The van der Waals surface area contributed by atoms with E-state index in [9.17, 15) is 13.6 Å². The number of rotatable bonds is 7. The number of nitrogens with one attached hydrogen (secondary N) is 1. The number of ether oxygens (including phenoxy) is 1. The molecule has 0 spiro atoms. The fourth-order valence-corrected chi connectivity index (χ4v) is 3.54. The molecule has 0 saturated heterocycles. The number of anilines is 1. The van der Waals surface area contributed by atoms with Gasteiger partial charge in [-0.25, -0.2) is 18.3 Å². The van der Waals surface area contributed by atoms with Crippen molar-refractivity contribution in [2.24, 2.45) is 0 Å². The van der Waals surface area contributed by atoms with Gasteiger partial charge in [0.05, 0.1) is 19.0 Å². The monoisotopic (exact) mass is 450 g/mol. The van der Waals surface area contributed by atoms with Crippen molar-refractivity contribution in [1.29, 1.82) is 0 Å². The summed E-state index contributed by atoms with van der Waals surface area (Å²) in [5.41, 5.74) is 2.54. The quantitative estimate of drug-likeness (QED) is 0.369. The summed E-state index contributed by atoms with van der Waals surface area (Å²) in [5, 5.41) is 6.81. The molecule has 0 aliphatic carbocycles. The first-order valence-corrected chi connectivity index (χ1v) is 10.6. The first-order chi connectivity index (χ1) is 15.9. The van der Waals surface area contributed by atoms with Crippen LogP contribution in [0.5, 0.6) is 5.75 Å². The predicted molar refractivity (Wildman–Crippen MR) is 123 cm³/mol. The Morgan fingerprint density at radius 2 is 1.82 bits per heavy atom. The van der Waals surface area contributed by atoms with Crippen LogP contribution in [0.2, 0.25) is 0 Å². The SMILES string of the molecule is CC[C@H](C)c1ccc(NC(=O)c2cnn3c(C(F)F)cc(-c4ccc(OC)cc4)nc23)cc1. The van der Waals surface area contributed by atoms with Crippen LogP contribution in [0.3, 0.4) is 0 Å². The summed E-state index contributed by atoms with van der Waals surface area (Å²) in [6.45, 7) is 4.26. The van der Waals surface area contributed by atoms with E-state index in [0.29, 0.717) is 28.6 Å². The number of alkyl halides is 2. The van der Waals surface area contributed by atoms with Crippen LogP contribution in [0.15, 0.2) is 60.8 Å². The Kier molecular flexibility index (Phi) is 6.35. The van der Waals surface area contributed by atoms with Gasteiger partial charge in [-0.1, -0.05) is 26.0 Å². The molecule has 1 amide bonds. The molecule has 0 unspecified atom stereocenters. The minimum absolute atomic E-state index is 0.0624. The standard InChI is InChI=1S/C25H24F2N4O2/c1-4-15(2)16-5-9-18(10-6-16)29-25(32)20-14-28-31-22(23(26)27)13-21(30-24(20)31)17-7-11-19(33-3)12-8-17/h5-15,23H,4H2,1-3H3,(H,29,32)/t15-/m0/s1. The van der Waals surface area contributed by atoms with Crippen LogP contribution in [0.4, 0.5) is 14.5 Å². The molecule has 170 valence electrons. The molecule has 2 aromatic heterocycles. The van der Waals surface area contributed by atoms with Crippen molar-refractivity contribution < 1.29 is 18.3 Å². The number of benzene rings is 2. The van der Waals surface area contributed by atoms with E-state index in [0.717, 1.165) is 10.9 Å². The van der Waals surface area contributed by atoms with E-state index in [-0.39, 0.29) is 16.9 Å². The third kappa shape index (κ3) is 4.55. The van der Waals surface area contributed by atoms with Crippen LogP contribution in [0.1, 0.15) is 54.2 Å². The minimum Gasteiger partial charge on any atom is -0.497 e. The van der Waals surface area contributed by atoms with E-state index < -0.39 is 12.3 Å². The molecule has 0 fully saturated rings. The number of nitrogens with zero attached hydrogens (tertiary/aromatic N) is 3. The van der Waals surface area contributed by atoms with E-state index in [4.69, 9.17) is 4.74 Å². The predicted octanol–water partition coefficient (Wildman–Crippen LogP) is 6.11. The summed E-state index contributed by atoms with van der Waals surface area (Å²) >= 11 is 0. The maximum absolute atomic E-state index is 13.8. The molecule has 0 aliphatic heterocycles. The van der Waals surface area contributed by atoms with Crippen molar-refractivity contribution in [2.75, 3.05) is 12.4 Å². The van der Waals surface area contributed by atoms with Gasteiger partial charge in [0.1, 0.15) is 17.0 Å². The summed E-state index contributed by atoms with van der Waals surface area (Å²) in [5.74, 6) is 0.585. The number of carbonyl (C=O) groups is 1. The molecular formula is C25H24F2N4O2. The molecule has 0 bridgehead atoms. The fraction of sp³-hybridized carbons (Fsp3) is 0.240. The molecule has 8 heteroatoms. The van der Waals surface area contributed by atoms with Gasteiger partial charge in [0.2, 0.25) is 0 Å². The van der Waals surface area contributed by atoms with Gasteiger partial charge in [-0.15, -0.1) is 0 Å². The highest BCUT2D eigenvalue weighted by Crippen LogP contribution is 2.28. The Morgan fingerprint density at radius 3 is 2.42 bits per heavy atom. The lowest BCUT2D eigenvalue weighted by Gasteiger charge is -2.11. The maximum atomic E-state index is 13.8. The number of hydrogen-bond acceptors (Lipinski definition) is 4. The van der Waals surface area contributed by atoms with Crippen molar-refractivity contribution in [3.63, 3.8) is 0 Å². The van der Waals surface area contributed by atoms with Crippen molar-refractivity contribution in [3.8, 4) is 17.0 Å². The second kappa shape index (κ2) is 9.36. The van der Waals surface area contributed by atoms with E-state index in [1.165, 1.54) is 17.8 Å². The molecule has 4 rings (SSSR count). The normalized spacial score (nSPS) is 12.2. The molecule has 6 nitrogen and oxygen atoms in total. The zero-order chi connectivity index (χ0) is 23.5. The van der Waals surface area contributed by atoms with E-state index in [1.54, 1.807) is 31.4 Å². The van der Waals surface area contributed by atoms with E-state index in [2.05, 4.69) is 29.2 Å². The van der Waals surface area contributed by atoms with Crippen molar-refractivity contribution in [1.82, 2.24) is 14.6 Å². The topological polar surface area (TPSA) is 68.5 Å². The summed E-state index contributed by atoms with van der Waals surface area (Å²) in [6.07, 6.45) is -0.520. The molecule has 2 heterocycles. The molecule has 0 radical (unpaired) electrons. The van der Waals surface area contributed by atoms with Gasteiger partial charge < -0.3 is 10.1 Å². The summed E-state index contributed by atoms with van der Waals surface area (Å²) in [6, 6.07) is 15.7. The Morgan fingerprint density at radius 1 is 1.12 bits per heavy atom. The summed E-state index contributed by atoms with van der Waals surface area (Å²) in [4.78, 5) is 17.4. The van der Waals surface area contributed by atoms with E-state index >= 15 is 0 Å². The van der Waals surface area contributed by atoms with Crippen LogP contribution in [0.25, 0.3) is 16.9 Å². The molecule has 2 aromatic carbocycles. The zero-order valence-electron chi connectivity index (χ0n) is 18.5. The van der Waals surface area contributed by atoms with Gasteiger partial charge in [0, 0.05) is 11.3 Å². The molecule has 0 aliphatic rings. The second-order valence-electron chi connectivity index (χ2n) is 7.77. The average molecular weight is 450 g/mol. The van der Waals surface area contributed by atoms with Gasteiger partial charge in [0.25, 0.3) is 12.3 Å². The van der Waals surface area contributed by atoms with Crippen molar-refractivity contribution >= 4 is 17.2 Å². The number of aromatic nitrogens is 3. The highest BCUT2D eigenvalue weighted by Gasteiger charge is 2.22. The van der Waals surface area contributed by atoms with Crippen molar-refractivity contribution in [3.05, 3.63) is 77.6 Å². The maximum Gasteiger partial charge on any atom is 0.280 e. The number of amides is 1. The van der Waals surface area contributed by atoms with E-state index in [1.807, 2.05) is 24.3 Å². The average Bonchev–Trinajstić information content (AvgIpc) is 3.27. The third-order valence-corrected chi connectivity index (χ3v) is 5.70. The summed E-state index contributed by atoms with van der Waals surface area (Å²) in [7, 11) is 1.54. The number of hydrogen-bond donors (Lipinski definition) is 1. The third-order valence-electron chi connectivity index (χ3n) is 5.70. The lowest BCUT2D eigenvalue weighted by molar-refractivity contribution is 0.102. The van der Waals surface area contributed by atoms with Gasteiger partial charge in [-0.3, -0.25) is 4.79 Å². The summed E-state index contributed by atoms with van der Waals surface area (Å²) < 4.78 is 33.7. The zero-order valence-corrected chi connectivity index (χ0v) is 18.5. The number of carbonyl (C=O) groups excluding carboxylic acids is 1. The first kappa shape index (κ1) is 22.4. The minimum atomic E-state index is -2.79. The molecule has 33 heavy (non-hydrogen) atoms. The van der Waals surface area contributed by atoms with Crippen LogP contribution in [0, 0.1) is 0 Å². The van der Waals surface area contributed by atoms with Crippen LogP contribution >= 0.6 is 0 Å². The molecular weight excluding hydrogens is 426 g/mol.